The highest BCUT2D eigenvalue weighted by molar-refractivity contribution is 5.76. The van der Waals surface area contributed by atoms with Gasteiger partial charge in [0.2, 0.25) is 11.9 Å². The molecule has 1 amide bonds. The predicted molar refractivity (Wildman–Crippen MR) is 108 cm³/mol. The van der Waals surface area contributed by atoms with Crippen LogP contribution in [-0.4, -0.2) is 63.7 Å². The van der Waals surface area contributed by atoms with Crippen LogP contribution in [0, 0.1) is 6.92 Å². The van der Waals surface area contributed by atoms with Crippen molar-refractivity contribution in [1.82, 2.24) is 25.1 Å². The zero-order valence-corrected chi connectivity index (χ0v) is 17.1. The third-order valence-corrected chi connectivity index (χ3v) is 4.92. The molecule has 0 atom stereocenters. The molecule has 0 radical (unpaired) electrons. The number of nitrogens with zero attached hydrogens (tertiary/aromatic N) is 5. The summed E-state index contributed by atoms with van der Waals surface area (Å²) >= 11 is 0. The van der Waals surface area contributed by atoms with Crippen LogP contribution < -0.4 is 15.8 Å². The van der Waals surface area contributed by atoms with Crippen molar-refractivity contribution in [3.8, 4) is 0 Å². The second-order valence-electron chi connectivity index (χ2n) is 7.31. The Kier molecular flexibility index (Phi) is 7.08. The number of aryl methyl sites for hydroxylation is 1. The van der Waals surface area contributed by atoms with Crippen LogP contribution in [-0.2, 0) is 11.0 Å². The van der Waals surface area contributed by atoms with Gasteiger partial charge in [-0.1, -0.05) is 0 Å². The minimum absolute atomic E-state index is 0.0472. The van der Waals surface area contributed by atoms with Gasteiger partial charge in [0.25, 0.3) is 5.56 Å². The second-order valence-corrected chi connectivity index (χ2v) is 7.31. The van der Waals surface area contributed by atoms with Crippen LogP contribution in [0.25, 0.3) is 0 Å². The molecule has 1 aliphatic rings. The van der Waals surface area contributed by atoms with E-state index < -0.39 is 17.3 Å². The van der Waals surface area contributed by atoms with Crippen molar-refractivity contribution >= 4 is 17.7 Å². The summed E-state index contributed by atoms with van der Waals surface area (Å²) < 4.78 is 38.2. The van der Waals surface area contributed by atoms with E-state index in [0.717, 1.165) is 5.56 Å². The summed E-state index contributed by atoms with van der Waals surface area (Å²) in [6.07, 6.45) is 0.305. The fourth-order valence-electron chi connectivity index (χ4n) is 3.19. The van der Waals surface area contributed by atoms with Crippen LogP contribution >= 0.6 is 0 Å². The van der Waals surface area contributed by atoms with Crippen molar-refractivity contribution in [2.24, 2.45) is 0 Å². The van der Waals surface area contributed by atoms with E-state index in [1.807, 2.05) is 16.9 Å². The molecule has 0 aliphatic carbocycles. The van der Waals surface area contributed by atoms with Gasteiger partial charge in [-0.05, 0) is 25.3 Å². The van der Waals surface area contributed by atoms with Crippen LogP contribution in [0.2, 0.25) is 0 Å². The molecular weight excluding hydrogens is 415 g/mol. The van der Waals surface area contributed by atoms with E-state index in [1.54, 1.807) is 17.3 Å². The summed E-state index contributed by atoms with van der Waals surface area (Å²) in [5.74, 6) is 0.645. The van der Waals surface area contributed by atoms with Crippen molar-refractivity contribution in [2.75, 3.05) is 42.9 Å². The molecule has 3 heterocycles. The minimum atomic E-state index is -4.74. The highest BCUT2D eigenvalue weighted by atomic mass is 19.4. The molecule has 1 aliphatic heterocycles. The van der Waals surface area contributed by atoms with E-state index in [1.165, 1.54) is 0 Å². The van der Waals surface area contributed by atoms with Crippen LogP contribution in [0.1, 0.15) is 30.4 Å². The molecule has 0 aromatic carbocycles. The lowest BCUT2D eigenvalue weighted by Gasteiger charge is -2.34. The fraction of sp³-hybridized carbons (Fsp3) is 0.526. The van der Waals surface area contributed by atoms with Crippen LogP contribution in [0.5, 0.6) is 0 Å². The second kappa shape index (κ2) is 9.75. The van der Waals surface area contributed by atoms with Crippen molar-refractivity contribution < 1.29 is 18.0 Å². The van der Waals surface area contributed by atoms with Gasteiger partial charge < -0.3 is 15.1 Å². The number of carbonyl (C=O) groups is 1. The van der Waals surface area contributed by atoms with Gasteiger partial charge >= 0.3 is 6.18 Å². The maximum Gasteiger partial charge on any atom is 0.421 e. The molecule has 0 bridgehead atoms. The molecular formula is C19H24F3N7O2. The molecule has 0 saturated carbocycles. The van der Waals surface area contributed by atoms with Crippen LogP contribution in [0.3, 0.4) is 0 Å². The summed E-state index contributed by atoms with van der Waals surface area (Å²) in [6, 6.07) is 0.682. The lowest BCUT2D eigenvalue weighted by Crippen LogP contribution is -2.49. The smallest absolute Gasteiger partial charge is 0.369 e. The molecule has 12 heteroatoms. The summed E-state index contributed by atoms with van der Waals surface area (Å²) in [4.78, 5) is 36.1. The summed E-state index contributed by atoms with van der Waals surface area (Å²) in [7, 11) is 0. The average Bonchev–Trinajstić information content (AvgIpc) is 2.74. The van der Waals surface area contributed by atoms with E-state index in [-0.39, 0.29) is 11.7 Å². The van der Waals surface area contributed by atoms with Gasteiger partial charge in [-0.3, -0.25) is 9.59 Å². The van der Waals surface area contributed by atoms with Crippen LogP contribution in [0.4, 0.5) is 24.9 Å². The largest absolute Gasteiger partial charge is 0.421 e. The Labute approximate surface area is 176 Å². The Morgan fingerprint density at radius 2 is 1.84 bits per heavy atom. The molecule has 2 N–H and O–H groups in total. The number of carbonyl (C=O) groups excluding carboxylic acids is 1. The molecule has 2 aromatic rings. The number of amides is 1. The number of hydrogen-bond donors (Lipinski definition) is 2. The lowest BCUT2D eigenvalue weighted by molar-refractivity contribution is -0.138. The van der Waals surface area contributed by atoms with E-state index in [9.17, 15) is 22.8 Å². The van der Waals surface area contributed by atoms with Gasteiger partial charge in [-0.15, -0.1) is 0 Å². The minimum Gasteiger partial charge on any atom is -0.369 e. The molecule has 1 saturated heterocycles. The Bertz CT molecular complexity index is 939. The molecule has 3 rings (SSSR count). The van der Waals surface area contributed by atoms with E-state index in [0.29, 0.717) is 64.0 Å². The Morgan fingerprint density at radius 1 is 1.16 bits per heavy atom. The highest BCUT2D eigenvalue weighted by Gasteiger charge is 2.34. The number of piperazine rings is 1. The van der Waals surface area contributed by atoms with Crippen molar-refractivity contribution in [2.45, 2.75) is 32.4 Å². The molecule has 2 aromatic heterocycles. The standard InChI is InChI=1S/C19H24F3N7O2/c1-13-11-24-18(25-12-13)29-8-6-28(7-9-29)16(30)4-2-3-5-23-15-10-14(19(20,21)22)17(31)27-26-15/h10-12H,2-9H2,1H3,(H,23,26)(H,27,31). The molecule has 0 spiro atoms. The van der Waals surface area contributed by atoms with Gasteiger partial charge in [-0.25, -0.2) is 15.1 Å². The summed E-state index contributed by atoms with van der Waals surface area (Å²) in [6.45, 7) is 4.77. The zero-order chi connectivity index (χ0) is 22.4. The third-order valence-electron chi connectivity index (χ3n) is 4.92. The SMILES string of the molecule is Cc1cnc(N2CCN(C(=O)CCCCNc3cc(C(F)(F)F)c(=O)[nH]n3)CC2)nc1. The highest BCUT2D eigenvalue weighted by Crippen LogP contribution is 2.27. The van der Waals surface area contributed by atoms with Crippen molar-refractivity contribution in [3.63, 3.8) is 0 Å². The van der Waals surface area contributed by atoms with Crippen LogP contribution in [0.15, 0.2) is 23.3 Å². The van der Waals surface area contributed by atoms with Gasteiger partial charge in [0.05, 0.1) is 0 Å². The van der Waals surface area contributed by atoms with Crippen molar-refractivity contribution in [3.05, 3.63) is 39.9 Å². The summed E-state index contributed by atoms with van der Waals surface area (Å²) in [5.41, 5.74) is -1.59. The number of aromatic nitrogens is 4. The molecule has 9 nitrogen and oxygen atoms in total. The fourth-order valence-corrected chi connectivity index (χ4v) is 3.19. The monoisotopic (exact) mass is 439 g/mol. The zero-order valence-electron chi connectivity index (χ0n) is 17.1. The Morgan fingerprint density at radius 3 is 2.48 bits per heavy atom. The number of halogens is 3. The number of hydrogen-bond acceptors (Lipinski definition) is 7. The molecule has 1 fully saturated rings. The third kappa shape index (κ3) is 6.15. The van der Waals surface area contributed by atoms with E-state index in [4.69, 9.17) is 0 Å². The quantitative estimate of drug-likeness (QED) is 0.634. The first-order chi connectivity index (χ1) is 14.7. The number of anilines is 2. The maximum atomic E-state index is 12.7. The average molecular weight is 439 g/mol. The number of alkyl halides is 3. The van der Waals surface area contributed by atoms with E-state index >= 15 is 0 Å². The lowest BCUT2D eigenvalue weighted by atomic mass is 10.2. The Balaban J connectivity index is 1.36. The topological polar surface area (TPSA) is 107 Å². The number of rotatable bonds is 7. The first-order valence-corrected chi connectivity index (χ1v) is 9.96. The Hall–Kier alpha value is -3.18. The van der Waals surface area contributed by atoms with Gasteiger partial charge in [0.1, 0.15) is 11.4 Å². The summed E-state index contributed by atoms with van der Waals surface area (Å²) in [5, 5.41) is 8.13. The first-order valence-electron chi connectivity index (χ1n) is 9.96. The van der Waals surface area contributed by atoms with Gasteiger partial charge in [-0.2, -0.15) is 18.3 Å². The predicted octanol–water partition coefficient (Wildman–Crippen LogP) is 1.82. The number of nitrogens with one attached hydrogen (secondary N) is 2. The number of aromatic amines is 1. The number of H-pyrrole nitrogens is 1. The molecule has 0 unspecified atom stereocenters. The van der Waals surface area contributed by atoms with E-state index in [2.05, 4.69) is 20.4 Å². The normalized spacial score (nSPS) is 14.6. The number of unbranched alkanes of at least 4 members (excludes halogenated alkanes) is 1. The molecule has 31 heavy (non-hydrogen) atoms. The first kappa shape index (κ1) is 22.5. The molecule has 168 valence electrons. The maximum absolute atomic E-state index is 12.7. The van der Waals surface area contributed by atoms with Crippen molar-refractivity contribution in [1.29, 1.82) is 0 Å². The van der Waals surface area contributed by atoms with Gasteiger partial charge in [0.15, 0.2) is 0 Å². The van der Waals surface area contributed by atoms with Gasteiger partial charge in [0, 0.05) is 57.6 Å².